The number of carbonyl (C=O) groups is 1. The molecule has 0 spiro atoms. The summed E-state index contributed by atoms with van der Waals surface area (Å²) in [6, 6.07) is 12.6. The van der Waals surface area contributed by atoms with Crippen LogP contribution in [-0.2, 0) is 15.1 Å². The first-order valence-corrected chi connectivity index (χ1v) is 6.48. The summed E-state index contributed by atoms with van der Waals surface area (Å²) >= 11 is 1.26. The van der Waals surface area contributed by atoms with Gasteiger partial charge in [0.15, 0.2) is 0 Å². The number of methoxy groups -OCH3 is 1. The van der Waals surface area contributed by atoms with Gasteiger partial charge in [0.25, 0.3) is 5.60 Å². The summed E-state index contributed by atoms with van der Waals surface area (Å²) in [6.07, 6.45) is 0. The Hall–Kier alpha value is -2.09. The van der Waals surface area contributed by atoms with E-state index in [0.29, 0.717) is 4.88 Å². The van der Waals surface area contributed by atoms with Crippen LogP contribution in [0.1, 0.15) is 10.4 Å². The quantitative estimate of drug-likeness (QED) is 0.673. The van der Waals surface area contributed by atoms with E-state index in [1.807, 2.05) is 18.2 Å². The lowest BCUT2D eigenvalue weighted by atomic mass is 10.0. The van der Waals surface area contributed by atoms with E-state index in [0.717, 1.165) is 5.56 Å². The minimum absolute atomic E-state index is 0.447. The molecule has 0 aliphatic heterocycles. The zero-order valence-corrected chi connectivity index (χ0v) is 11.1. The number of hydrogen-bond donors (Lipinski definition) is 1. The van der Waals surface area contributed by atoms with Gasteiger partial charge in [0, 0.05) is 5.56 Å². The maximum Gasteiger partial charge on any atom is 0.356 e. The summed E-state index contributed by atoms with van der Waals surface area (Å²) in [6.45, 7) is 0. The van der Waals surface area contributed by atoms with Crippen molar-refractivity contribution in [1.29, 1.82) is 0 Å². The zero-order chi connectivity index (χ0) is 13.7. The van der Waals surface area contributed by atoms with Gasteiger partial charge in [-0.2, -0.15) is 0 Å². The summed E-state index contributed by atoms with van der Waals surface area (Å²) in [4.78, 5) is 12.2. The molecule has 2 rings (SSSR count). The van der Waals surface area contributed by atoms with Crippen molar-refractivity contribution >= 4 is 17.3 Å². The average Bonchev–Trinajstić information content (AvgIpc) is 2.99. The van der Waals surface area contributed by atoms with Crippen molar-refractivity contribution in [2.75, 3.05) is 7.11 Å². The normalized spacial score (nSPS) is 12.9. The highest BCUT2D eigenvalue weighted by molar-refractivity contribution is 7.10. The van der Waals surface area contributed by atoms with Crippen LogP contribution >= 0.6 is 11.3 Å². The minimum atomic E-state index is -1.92. The second kappa shape index (κ2) is 5.70. The predicted molar refractivity (Wildman–Crippen MR) is 73.6 cm³/mol. The lowest BCUT2D eigenvalue weighted by molar-refractivity contribution is -0.156. The molecule has 96 valence electrons. The molecule has 3 nitrogen and oxygen atoms in total. The molecule has 1 N–H and O–H groups in total. The molecule has 1 aromatic heterocycles. The second-order valence-corrected chi connectivity index (χ2v) is 4.74. The highest BCUT2D eigenvalue weighted by atomic mass is 32.1. The standard InChI is InChI=1S/C15H12O3S/c1-18-14(16)15(17,13-8-5-11-19-13)10-9-12-6-3-2-4-7-12/h2-8,11,17H,1H3. The highest BCUT2D eigenvalue weighted by Crippen LogP contribution is 2.26. The molecule has 0 fully saturated rings. The molecule has 1 aromatic carbocycles. The fourth-order valence-corrected chi connectivity index (χ4v) is 2.30. The van der Waals surface area contributed by atoms with E-state index in [9.17, 15) is 9.90 Å². The number of hydrogen-bond acceptors (Lipinski definition) is 4. The van der Waals surface area contributed by atoms with Gasteiger partial charge in [-0.1, -0.05) is 30.2 Å². The Morgan fingerprint density at radius 3 is 2.58 bits per heavy atom. The Labute approximate surface area is 115 Å². The van der Waals surface area contributed by atoms with Crippen LogP contribution < -0.4 is 0 Å². The molecule has 0 bridgehead atoms. The third-order valence-corrected chi connectivity index (χ3v) is 3.50. The SMILES string of the molecule is COC(=O)C(O)(C#Cc1ccccc1)c1cccs1. The van der Waals surface area contributed by atoms with E-state index >= 15 is 0 Å². The molecule has 0 aliphatic carbocycles. The number of thiophene rings is 1. The van der Waals surface area contributed by atoms with Crippen molar-refractivity contribution in [2.45, 2.75) is 5.60 Å². The van der Waals surface area contributed by atoms with Crippen molar-refractivity contribution in [1.82, 2.24) is 0 Å². The van der Waals surface area contributed by atoms with Gasteiger partial charge in [-0.05, 0) is 29.5 Å². The molecule has 0 aliphatic rings. The summed E-state index contributed by atoms with van der Waals surface area (Å²) < 4.78 is 4.64. The van der Waals surface area contributed by atoms with Crippen LogP contribution in [0.3, 0.4) is 0 Å². The molecule has 1 atom stereocenters. The van der Waals surface area contributed by atoms with Gasteiger partial charge in [-0.3, -0.25) is 0 Å². The monoisotopic (exact) mass is 272 g/mol. The smallest absolute Gasteiger partial charge is 0.356 e. The molecule has 0 radical (unpaired) electrons. The van der Waals surface area contributed by atoms with Crippen molar-refractivity contribution in [3.63, 3.8) is 0 Å². The van der Waals surface area contributed by atoms with Crippen molar-refractivity contribution in [2.24, 2.45) is 0 Å². The van der Waals surface area contributed by atoms with E-state index in [-0.39, 0.29) is 0 Å². The predicted octanol–water partition coefficient (Wildman–Crippen LogP) is 2.16. The first kappa shape index (κ1) is 13.3. The van der Waals surface area contributed by atoms with E-state index in [4.69, 9.17) is 0 Å². The van der Waals surface area contributed by atoms with Gasteiger partial charge in [-0.15, -0.1) is 11.3 Å². The maximum absolute atomic E-state index is 11.8. The van der Waals surface area contributed by atoms with E-state index in [1.165, 1.54) is 18.4 Å². The number of carbonyl (C=O) groups excluding carboxylic acids is 1. The minimum Gasteiger partial charge on any atom is -0.466 e. The fourth-order valence-electron chi connectivity index (χ4n) is 1.53. The van der Waals surface area contributed by atoms with E-state index in [2.05, 4.69) is 16.6 Å². The van der Waals surface area contributed by atoms with Crippen molar-refractivity contribution in [3.05, 3.63) is 58.3 Å². The summed E-state index contributed by atoms with van der Waals surface area (Å²) in [5.74, 6) is 4.62. The number of aliphatic hydroxyl groups is 1. The number of rotatable bonds is 2. The second-order valence-electron chi connectivity index (χ2n) is 3.80. The van der Waals surface area contributed by atoms with Crippen molar-refractivity contribution in [3.8, 4) is 11.8 Å². The number of ether oxygens (including phenoxy) is 1. The van der Waals surface area contributed by atoms with Gasteiger partial charge < -0.3 is 9.84 Å². The Morgan fingerprint density at radius 2 is 2.00 bits per heavy atom. The summed E-state index contributed by atoms with van der Waals surface area (Å²) in [7, 11) is 1.23. The van der Waals surface area contributed by atoms with Gasteiger partial charge in [0.1, 0.15) is 0 Å². The van der Waals surface area contributed by atoms with E-state index in [1.54, 1.807) is 29.6 Å². The Balaban J connectivity index is 2.41. The summed E-state index contributed by atoms with van der Waals surface area (Å²) in [5.41, 5.74) is -1.19. The van der Waals surface area contributed by atoms with Crippen LogP contribution in [0.4, 0.5) is 0 Å². The Morgan fingerprint density at radius 1 is 1.26 bits per heavy atom. The average molecular weight is 272 g/mol. The zero-order valence-electron chi connectivity index (χ0n) is 10.3. The van der Waals surface area contributed by atoms with Crippen LogP contribution in [-0.4, -0.2) is 18.2 Å². The lowest BCUT2D eigenvalue weighted by Crippen LogP contribution is -2.34. The van der Waals surface area contributed by atoms with Crippen LogP contribution in [0.5, 0.6) is 0 Å². The third kappa shape index (κ3) is 2.84. The number of esters is 1. The van der Waals surface area contributed by atoms with Gasteiger partial charge >= 0.3 is 5.97 Å². The first-order chi connectivity index (χ1) is 9.16. The molecule has 4 heteroatoms. The van der Waals surface area contributed by atoms with Crippen molar-refractivity contribution < 1.29 is 14.6 Å². The molecular weight excluding hydrogens is 260 g/mol. The lowest BCUT2D eigenvalue weighted by Gasteiger charge is -2.17. The third-order valence-electron chi connectivity index (χ3n) is 2.52. The summed E-state index contributed by atoms with van der Waals surface area (Å²) in [5, 5.41) is 12.2. The van der Waals surface area contributed by atoms with Crippen LogP contribution in [0.2, 0.25) is 0 Å². The molecule has 0 saturated carbocycles. The van der Waals surface area contributed by atoms with Gasteiger partial charge in [0.2, 0.25) is 0 Å². The van der Waals surface area contributed by atoms with Crippen LogP contribution in [0, 0.1) is 11.8 Å². The Kier molecular flexibility index (Phi) is 4.00. The topological polar surface area (TPSA) is 46.5 Å². The van der Waals surface area contributed by atoms with Gasteiger partial charge in [-0.25, -0.2) is 4.79 Å². The molecule has 0 saturated heterocycles. The molecule has 2 aromatic rings. The Bertz CT molecular complexity index is 608. The molecule has 19 heavy (non-hydrogen) atoms. The van der Waals surface area contributed by atoms with Crippen LogP contribution in [0.15, 0.2) is 47.8 Å². The largest absolute Gasteiger partial charge is 0.466 e. The molecule has 0 amide bonds. The van der Waals surface area contributed by atoms with E-state index < -0.39 is 11.6 Å². The maximum atomic E-state index is 11.8. The molecule has 1 heterocycles. The molecule has 1 unspecified atom stereocenters. The number of benzene rings is 1. The fraction of sp³-hybridized carbons (Fsp3) is 0.133. The highest BCUT2D eigenvalue weighted by Gasteiger charge is 2.38. The molecular formula is C15H12O3S. The first-order valence-electron chi connectivity index (χ1n) is 5.60. The van der Waals surface area contributed by atoms with Crippen LogP contribution in [0.25, 0.3) is 0 Å². The van der Waals surface area contributed by atoms with Gasteiger partial charge in [0.05, 0.1) is 12.0 Å².